The van der Waals surface area contributed by atoms with Crippen LogP contribution in [0, 0.1) is 0 Å². The molecule has 124 valence electrons. The Morgan fingerprint density at radius 2 is 2.14 bits per heavy atom. The molecule has 2 rings (SSSR count). The number of methoxy groups -OCH3 is 1. The standard InChI is InChI=1S/C15H22BrN3O2.ClH/c1-21-14-3-2-13(16)10-12(14)11-15(20)18-6-9-19-7-4-17-5-8-19;/h2-3,10,17H,4-9,11H2,1H3,(H,18,20);1H. The summed E-state index contributed by atoms with van der Waals surface area (Å²) in [6.07, 6.45) is 0.337. The second-order valence-electron chi connectivity index (χ2n) is 5.07. The third kappa shape index (κ3) is 6.12. The zero-order valence-electron chi connectivity index (χ0n) is 12.7. The van der Waals surface area contributed by atoms with E-state index in [-0.39, 0.29) is 18.3 Å². The van der Waals surface area contributed by atoms with Crippen molar-refractivity contribution in [2.75, 3.05) is 46.4 Å². The summed E-state index contributed by atoms with van der Waals surface area (Å²) in [4.78, 5) is 14.4. The summed E-state index contributed by atoms with van der Waals surface area (Å²) < 4.78 is 6.24. The maximum Gasteiger partial charge on any atom is 0.224 e. The number of piperazine rings is 1. The van der Waals surface area contributed by atoms with Crippen molar-refractivity contribution in [3.63, 3.8) is 0 Å². The van der Waals surface area contributed by atoms with Crippen molar-refractivity contribution in [2.24, 2.45) is 0 Å². The van der Waals surface area contributed by atoms with Gasteiger partial charge in [-0.25, -0.2) is 0 Å². The number of hydrogen-bond donors (Lipinski definition) is 2. The number of carbonyl (C=O) groups is 1. The first kappa shape index (κ1) is 19.2. The third-order valence-corrected chi connectivity index (χ3v) is 4.05. The fraction of sp³-hybridized carbons (Fsp3) is 0.533. The highest BCUT2D eigenvalue weighted by atomic mass is 79.9. The Morgan fingerprint density at radius 1 is 1.41 bits per heavy atom. The van der Waals surface area contributed by atoms with Crippen LogP contribution in [0.3, 0.4) is 0 Å². The molecule has 0 aromatic heterocycles. The molecule has 1 heterocycles. The fourth-order valence-electron chi connectivity index (χ4n) is 2.41. The molecular formula is C15H23BrClN3O2. The summed E-state index contributed by atoms with van der Waals surface area (Å²) in [6, 6.07) is 5.70. The first-order valence-electron chi connectivity index (χ1n) is 7.21. The highest BCUT2D eigenvalue weighted by Crippen LogP contribution is 2.23. The largest absolute Gasteiger partial charge is 0.496 e. The number of amides is 1. The lowest BCUT2D eigenvalue weighted by atomic mass is 10.1. The van der Waals surface area contributed by atoms with Gasteiger partial charge in [-0.05, 0) is 18.2 Å². The number of nitrogens with one attached hydrogen (secondary N) is 2. The van der Waals surface area contributed by atoms with Crippen LogP contribution in [0.4, 0.5) is 0 Å². The van der Waals surface area contributed by atoms with Gasteiger partial charge in [-0.3, -0.25) is 9.69 Å². The molecule has 1 aliphatic rings. The highest BCUT2D eigenvalue weighted by Gasteiger charge is 2.11. The number of benzene rings is 1. The molecule has 1 amide bonds. The van der Waals surface area contributed by atoms with Crippen LogP contribution in [0.25, 0.3) is 0 Å². The number of ether oxygens (including phenoxy) is 1. The van der Waals surface area contributed by atoms with Gasteiger partial charge < -0.3 is 15.4 Å². The van der Waals surface area contributed by atoms with Crippen molar-refractivity contribution < 1.29 is 9.53 Å². The Morgan fingerprint density at radius 3 is 2.82 bits per heavy atom. The van der Waals surface area contributed by atoms with Crippen LogP contribution in [-0.4, -0.2) is 57.2 Å². The number of nitrogens with zero attached hydrogens (tertiary/aromatic N) is 1. The summed E-state index contributed by atoms with van der Waals surface area (Å²) in [6.45, 7) is 5.76. The van der Waals surface area contributed by atoms with Crippen LogP contribution < -0.4 is 15.4 Å². The first-order chi connectivity index (χ1) is 10.2. The van der Waals surface area contributed by atoms with E-state index in [4.69, 9.17) is 4.74 Å². The van der Waals surface area contributed by atoms with Gasteiger partial charge in [0.2, 0.25) is 5.91 Å². The summed E-state index contributed by atoms with van der Waals surface area (Å²) in [7, 11) is 1.62. The molecule has 1 aliphatic heterocycles. The molecule has 7 heteroatoms. The molecule has 0 spiro atoms. The van der Waals surface area contributed by atoms with Crippen LogP contribution in [-0.2, 0) is 11.2 Å². The molecule has 0 aliphatic carbocycles. The van der Waals surface area contributed by atoms with Crippen LogP contribution in [0.1, 0.15) is 5.56 Å². The summed E-state index contributed by atoms with van der Waals surface area (Å²) in [5.74, 6) is 0.775. The maximum absolute atomic E-state index is 12.0. The van der Waals surface area contributed by atoms with Crippen molar-refractivity contribution in [3.8, 4) is 5.75 Å². The second kappa shape index (κ2) is 10.0. The Balaban J connectivity index is 0.00000242. The van der Waals surface area contributed by atoms with Crippen molar-refractivity contribution in [1.82, 2.24) is 15.5 Å². The van der Waals surface area contributed by atoms with E-state index < -0.39 is 0 Å². The van der Waals surface area contributed by atoms with Gasteiger partial charge in [0.05, 0.1) is 13.5 Å². The topological polar surface area (TPSA) is 53.6 Å². The monoisotopic (exact) mass is 391 g/mol. The third-order valence-electron chi connectivity index (χ3n) is 3.55. The second-order valence-corrected chi connectivity index (χ2v) is 5.99. The normalized spacial score (nSPS) is 15.0. The summed E-state index contributed by atoms with van der Waals surface area (Å²) >= 11 is 3.42. The van der Waals surface area contributed by atoms with Crippen molar-refractivity contribution in [3.05, 3.63) is 28.2 Å². The van der Waals surface area contributed by atoms with E-state index in [1.54, 1.807) is 7.11 Å². The van der Waals surface area contributed by atoms with E-state index in [0.717, 1.165) is 48.5 Å². The lowest BCUT2D eigenvalue weighted by molar-refractivity contribution is -0.120. The average molecular weight is 393 g/mol. The van der Waals surface area contributed by atoms with Gasteiger partial charge in [-0.1, -0.05) is 15.9 Å². The molecule has 0 bridgehead atoms. The molecule has 0 saturated carbocycles. The molecule has 2 N–H and O–H groups in total. The lowest BCUT2D eigenvalue weighted by Crippen LogP contribution is -2.46. The van der Waals surface area contributed by atoms with Gasteiger partial charge in [0.15, 0.2) is 0 Å². The number of halogens is 2. The highest BCUT2D eigenvalue weighted by molar-refractivity contribution is 9.10. The van der Waals surface area contributed by atoms with Gasteiger partial charge in [0.25, 0.3) is 0 Å². The smallest absolute Gasteiger partial charge is 0.224 e. The van der Waals surface area contributed by atoms with Gasteiger partial charge >= 0.3 is 0 Å². The van der Waals surface area contributed by atoms with E-state index in [0.29, 0.717) is 13.0 Å². The first-order valence-corrected chi connectivity index (χ1v) is 8.00. The zero-order chi connectivity index (χ0) is 15.1. The van der Waals surface area contributed by atoms with E-state index in [1.165, 1.54) is 0 Å². The van der Waals surface area contributed by atoms with E-state index in [1.807, 2.05) is 18.2 Å². The predicted octanol–water partition coefficient (Wildman–Crippen LogP) is 1.44. The molecule has 0 radical (unpaired) electrons. The van der Waals surface area contributed by atoms with Crippen LogP contribution in [0.5, 0.6) is 5.75 Å². The van der Waals surface area contributed by atoms with Gasteiger partial charge in [-0.2, -0.15) is 0 Å². The minimum absolute atomic E-state index is 0. The Kier molecular flexibility index (Phi) is 8.78. The summed E-state index contributed by atoms with van der Waals surface area (Å²) in [5, 5.41) is 6.29. The SMILES string of the molecule is COc1ccc(Br)cc1CC(=O)NCCN1CCNCC1.Cl. The average Bonchev–Trinajstić information content (AvgIpc) is 2.48. The molecule has 1 aromatic carbocycles. The predicted molar refractivity (Wildman–Crippen MR) is 94.0 cm³/mol. The Labute approximate surface area is 146 Å². The Hall–Kier alpha value is -0.820. The minimum atomic E-state index is 0. The number of hydrogen-bond acceptors (Lipinski definition) is 4. The zero-order valence-corrected chi connectivity index (χ0v) is 15.1. The summed E-state index contributed by atoms with van der Waals surface area (Å²) in [5.41, 5.74) is 0.895. The molecule has 1 fully saturated rings. The van der Waals surface area contributed by atoms with Crippen LogP contribution in [0.2, 0.25) is 0 Å². The lowest BCUT2D eigenvalue weighted by Gasteiger charge is -2.27. The van der Waals surface area contributed by atoms with Crippen molar-refractivity contribution in [1.29, 1.82) is 0 Å². The molecule has 1 aromatic rings. The quantitative estimate of drug-likeness (QED) is 0.769. The molecule has 5 nitrogen and oxygen atoms in total. The molecule has 0 atom stereocenters. The molecular weight excluding hydrogens is 370 g/mol. The van der Waals surface area contributed by atoms with Gasteiger partial charge in [0.1, 0.15) is 5.75 Å². The van der Waals surface area contributed by atoms with Crippen molar-refractivity contribution in [2.45, 2.75) is 6.42 Å². The maximum atomic E-state index is 12.0. The Bertz CT molecular complexity index is 482. The van der Waals surface area contributed by atoms with Crippen molar-refractivity contribution >= 4 is 34.2 Å². The number of rotatable bonds is 6. The molecule has 1 saturated heterocycles. The van der Waals surface area contributed by atoms with Gasteiger partial charge in [-0.15, -0.1) is 12.4 Å². The molecule has 0 unspecified atom stereocenters. The van der Waals surface area contributed by atoms with E-state index in [9.17, 15) is 4.79 Å². The van der Waals surface area contributed by atoms with E-state index in [2.05, 4.69) is 31.5 Å². The van der Waals surface area contributed by atoms with Gasteiger partial charge in [0, 0.05) is 49.3 Å². The van der Waals surface area contributed by atoms with Crippen LogP contribution >= 0.6 is 28.3 Å². The molecule has 22 heavy (non-hydrogen) atoms. The fourth-order valence-corrected chi connectivity index (χ4v) is 2.82. The number of carbonyl (C=O) groups excluding carboxylic acids is 1. The van der Waals surface area contributed by atoms with E-state index >= 15 is 0 Å². The minimum Gasteiger partial charge on any atom is -0.496 e. The van der Waals surface area contributed by atoms with Crippen LogP contribution in [0.15, 0.2) is 22.7 Å².